The van der Waals surface area contributed by atoms with Gasteiger partial charge in [0.15, 0.2) is 17.8 Å². The van der Waals surface area contributed by atoms with Crippen molar-refractivity contribution in [2.24, 2.45) is 0 Å². The van der Waals surface area contributed by atoms with Gasteiger partial charge in [0, 0.05) is 12.6 Å². The van der Waals surface area contributed by atoms with Gasteiger partial charge in [-0.3, -0.25) is 9.69 Å². The first-order chi connectivity index (χ1) is 14.2. The Bertz CT molecular complexity index is 1140. The molecule has 2 heterocycles. The standard InChI is InChI=1S/C24H25NO4/c1-27-22-9-18-16(7-14(22)13-26)21-12-25-6-4-5-15(25)8-17(21)19-10-23(28-2)24(29-3)11-20(18)19/h7,9-11,13,15H,4-6,8,12H2,1-3H3/t15-/m0/s1. The monoisotopic (exact) mass is 391 g/mol. The lowest BCUT2D eigenvalue weighted by atomic mass is 9.84. The fourth-order valence-corrected chi connectivity index (χ4v) is 5.20. The van der Waals surface area contributed by atoms with Gasteiger partial charge < -0.3 is 14.2 Å². The number of hydrogen-bond donors (Lipinski definition) is 0. The molecule has 5 heteroatoms. The fourth-order valence-electron chi connectivity index (χ4n) is 5.20. The number of carbonyl (C=O) groups is 1. The molecule has 1 saturated heterocycles. The molecule has 3 aromatic carbocycles. The summed E-state index contributed by atoms with van der Waals surface area (Å²) in [5.41, 5.74) is 3.29. The van der Waals surface area contributed by atoms with Crippen molar-refractivity contribution in [2.75, 3.05) is 27.9 Å². The minimum absolute atomic E-state index is 0.588. The molecule has 1 fully saturated rings. The van der Waals surface area contributed by atoms with Gasteiger partial charge >= 0.3 is 0 Å². The zero-order valence-corrected chi connectivity index (χ0v) is 17.1. The highest BCUT2D eigenvalue weighted by molar-refractivity contribution is 6.13. The number of fused-ring (bicyclic) bond motifs is 7. The number of hydrogen-bond acceptors (Lipinski definition) is 5. The zero-order chi connectivity index (χ0) is 20.1. The molecule has 150 valence electrons. The van der Waals surface area contributed by atoms with Crippen LogP contribution >= 0.6 is 0 Å². The van der Waals surface area contributed by atoms with Gasteiger partial charge in [-0.05, 0) is 82.7 Å². The molecule has 2 aliphatic rings. The Labute approximate surface area is 170 Å². The minimum Gasteiger partial charge on any atom is -0.496 e. The van der Waals surface area contributed by atoms with Crippen LogP contribution in [-0.4, -0.2) is 45.1 Å². The van der Waals surface area contributed by atoms with Gasteiger partial charge in [0.25, 0.3) is 0 Å². The van der Waals surface area contributed by atoms with Gasteiger partial charge in [0.2, 0.25) is 0 Å². The largest absolute Gasteiger partial charge is 0.496 e. The van der Waals surface area contributed by atoms with Crippen molar-refractivity contribution in [3.8, 4) is 17.2 Å². The van der Waals surface area contributed by atoms with Gasteiger partial charge in [-0.25, -0.2) is 0 Å². The highest BCUT2D eigenvalue weighted by Gasteiger charge is 2.32. The maximum Gasteiger partial charge on any atom is 0.161 e. The van der Waals surface area contributed by atoms with Crippen molar-refractivity contribution in [2.45, 2.75) is 31.8 Å². The lowest BCUT2D eigenvalue weighted by Crippen LogP contribution is -2.35. The SMILES string of the molecule is COc1cc2c(cc1C=O)c1c(c3cc(OC)c(OC)cc32)C[C@@H]2CCCN2C1. The van der Waals surface area contributed by atoms with Gasteiger partial charge in [0.05, 0.1) is 26.9 Å². The normalized spacial score (nSPS) is 18.5. The third kappa shape index (κ3) is 2.68. The van der Waals surface area contributed by atoms with E-state index in [0.29, 0.717) is 23.1 Å². The van der Waals surface area contributed by atoms with Crippen molar-refractivity contribution < 1.29 is 19.0 Å². The molecule has 5 rings (SSSR count). The molecule has 2 aliphatic heterocycles. The number of carbonyl (C=O) groups excluding carboxylic acids is 1. The van der Waals surface area contributed by atoms with E-state index in [1.807, 2.05) is 12.1 Å². The molecule has 1 atom stereocenters. The van der Waals surface area contributed by atoms with E-state index in [-0.39, 0.29) is 0 Å². The van der Waals surface area contributed by atoms with Crippen LogP contribution in [0.5, 0.6) is 17.2 Å². The predicted octanol–water partition coefficient (Wildman–Crippen LogP) is 4.35. The molecular weight excluding hydrogens is 366 g/mol. The highest BCUT2D eigenvalue weighted by Crippen LogP contribution is 2.44. The average molecular weight is 391 g/mol. The number of aldehydes is 1. The summed E-state index contributed by atoms with van der Waals surface area (Å²) in [6.07, 6.45) is 4.40. The summed E-state index contributed by atoms with van der Waals surface area (Å²) in [6.45, 7) is 2.07. The van der Waals surface area contributed by atoms with Crippen LogP contribution in [0.3, 0.4) is 0 Å². The average Bonchev–Trinajstić information content (AvgIpc) is 3.23. The molecule has 3 aromatic rings. The molecule has 0 radical (unpaired) electrons. The van der Waals surface area contributed by atoms with Crippen LogP contribution in [0.4, 0.5) is 0 Å². The highest BCUT2D eigenvalue weighted by atomic mass is 16.5. The van der Waals surface area contributed by atoms with Crippen molar-refractivity contribution in [1.29, 1.82) is 0 Å². The molecule has 29 heavy (non-hydrogen) atoms. The van der Waals surface area contributed by atoms with Crippen LogP contribution < -0.4 is 14.2 Å². The Balaban J connectivity index is 1.91. The topological polar surface area (TPSA) is 48.0 Å². The van der Waals surface area contributed by atoms with Crippen LogP contribution in [0.15, 0.2) is 24.3 Å². The Hall–Kier alpha value is -2.79. The summed E-state index contributed by atoms with van der Waals surface area (Å²) >= 11 is 0. The third-order valence-corrected chi connectivity index (χ3v) is 6.63. The van der Waals surface area contributed by atoms with E-state index in [1.54, 1.807) is 21.3 Å². The summed E-state index contributed by atoms with van der Waals surface area (Å²) < 4.78 is 16.7. The summed E-state index contributed by atoms with van der Waals surface area (Å²) in [6, 6.07) is 8.74. The van der Waals surface area contributed by atoms with Gasteiger partial charge in [0.1, 0.15) is 5.75 Å². The van der Waals surface area contributed by atoms with E-state index in [2.05, 4.69) is 17.0 Å². The molecule has 5 nitrogen and oxygen atoms in total. The molecule has 0 amide bonds. The molecule has 0 bridgehead atoms. The summed E-state index contributed by atoms with van der Waals surface area (Å²) in [5.74, 6) is 2.04. The second-order valence-electron chi connectivity index (χ2n) is 7.94. The smallest absolute Gasteiger partial charge is 0.161 e. The number of rotatable bonds is 4. The zero-order valence-electron chi connectivity index (χ0n) is 17.1. The molecule has 0 unspecified atom stereocenters. The predicted molar refractivity (Wildman–Crippen MR) is 114 cm³/mol. The first-order valence-corrected chi connectivity index (χ1v) is 10.1. The van der Waals surface area contributed by atoms with Crippen LogP contribution in [0, 0.1) is 0 Å². The van der Waals surface area contributed by atoms with E-state index in [4.69, 9.17) is 14.2 Å². The maximum absolute atomic E-state index is 11.7. The van der Waals surface area contributed by atoms with E-state index in [0.717, 1.165) is 47.7 Å². The number of methoxy groups -OCH3 is 3. The van der Waals surface area contributed by atoms with Gasteiger partial charge in [-0.15, -0.1) is 0 Å². The van der Waals surface area contributed by atoms with E-state index < -0.39 is 0 Å². The van der Waals surface area contributed by atoms with Crippen molar-refractivity contribution in [3.05, 3.63) is 41.0 Å². The molecule has 0 saturated carbocycles. The van der Waals surface area contributed by atoms with Crippen LogP contribution in [0.1, 0.15) is 34.3 Å². The Morgan fingerprint density at radius 1 is 0.862 bits per heavy atom. The van der Waals surface area contributed by atoms with Gasteiger partial charge in [-0.2, -0.15) is 0 Å². The molecule has 0 aliphatic carbocycles. The Morgan fingerprint density at radius 2 is 1.48 bits per heavy atom. The minimum atomic E-state index is 0.588. The summed E-state index contributed by atoms with van der Waals surface area (Å²) in [5, 5.41) is 4.53. The lowest BCUT2D eigenvalue weighted by Gasteiger charge is -2.33. The fraction of sp³-hybridized carbons (Fsp3) is 0.375. The quantitative estimate of drug-likeness (QED) is 0.489. The van der Waals surface area contributed by atoms with Crippen molar-refractivity contribution in [1.82, 2.24) is 4.90 Å². The molecule has 0 N–H and O–H groups in total. The summed E-state index contributed by atoms with van der Waals surface area (Å²) in [4.78, 5) is 14.3. The van der Waals surface area contributed by atoms with Crippen LogP contribution in [-0.2, 0) is 13.0 Å². The van der Waals surface area contributed by atoms with Crippen LogP contribution in [0.2, 0.25) is 0 Å². The Kier molecular flexibility index (Phi) is 4.36. The molecule has 0 aromatic heterocycles. The second kappa shape index (κ2) is 6.92. The van der Waals surface area contributed by atoms with Crippen LogP contribution in [0.25, 0.3) is 21.5 Å². The Morgan fingerprint density at radius 3 is 2.14 bits per heavy atom. The number of nitrogens with zero attached hydrogens (tertiary/aromatic N) is 1. The second-order valence-corrected chi connectivity index (χ2v) is 7.94. The van der Waals surface area contributed by atoms with E-state index in [9.17, 15) is 4.79 Å². The van der Waals surface area contributed by atoms with Crippen molar-refractivity contribution in [3.63, 3.8) is 0 Å². The number of ether oxygens (including phenoxy) is 3. The summed E-state index contributed by atoms with van der Waals surface area (Å²) in [7, 11) is 4.94. The molecule has 0 spiro atoms. The molecular formula is C24H25NO4. The maximum atomic E-state index is 11.7. The first kappa shape index (κ1) is 18.3. The van der Waals surface area contributed by atoms with E-state index in [1.165, 1.54) is 29.4 Å². The first-order valence-electron chi connectivity index (χ1n) is 10.1. The van der Waals surface area contributed by atoms with E-state index >= 15 is 0 Å². The van der Waals surface area contributed by atoms with Gasteiger partial charge in [-0.1, -0.05) is 0 Å². The third-order valence-electron chi connectivity index (χ3n) is 6.63. The lowest BCUT2D eigenvalue weighted by molar-refractivity contribution is 0.112. The van der Waals surface area contributed by atoms with Crippen molar-refractivity contribution >= 4 is 27.8 Å². The number of benzene rings is 3.